The van der Waals surface area contributed by atoms with Gasteiger partial charge in [0.2, 0.25) is 5.91 Å². The van der Waals surface area contributed by atoms with Crippen LogP contribution in [0.4, 0.5) is 5.69 Å². The zero-order chi connectivity index (χ0) is 21.1. The van der Waals surface area contributed by atoms with E-state index < -0.39 is 0 Å². The average molecular weight is 421 g/mol. The summed E-state index contributed by atoms with van der Waals surface area (Å²) in [6.07, 6.45) is 1.67. The number of rotatable bonds is 6. The summed E-state index contributed by atoms with van der Waals surface area (Å²) < 4.78 is 2.85. The summed E-state index contributed by atoms with van der Waals surface area (Å²) in [5.41, 5.74) is 1.74. The third kappa shape index (κ3) is 4.31. The topological polar surface area (TPSA) is 97.5 Å². The van der Waals surface area contributed by atoms with Gasteiger partial charge in [-0.1, -0.05) is 18.2 Å². The van der Waals surface area contributed by atoms with Gasteiger partial charge >= 0.3 is 5.69 Å². The van der Waals surface area contributed by atoms with E-state index in [4.69, 9.17) is 0 Å². The van der Waals surface area contributed by atoms with Crippen molar-refractivity contribution in [1.29, 1.82) is 0 Å². The molecule has 152 valence electrons. The largest absolute Gasteiger partial charge is 0.350 e. The molecule has 9 heteroatoms. The maximum atomic E-state index is 12.4. The zero-order valence-electron chi connectivity index (χ0n) is 16.2. The summed E-state index contributed by atoms with van der Waals surface area (Å²) in [4.78, 5) is 38.3. The highest BCUT2D eigenvalue weighted by molar-refractivity contribution is 7.13. The van der Waals surface area contributed by atoms with Crippen molar-refractivity contribution in [3.63, 3.8) is 0 Å². The second kappa shape index (κ2) is 8.34. The fraction of sp³-hybridized carbons (Fsp3) is 0.143. The maximum Gasteiger partial charge on any atom is 0.350 e. The van der Waals surface area contributed by atoms with Gasteiger partial charge in [-0.05, 0) is 48.9 Å². The van der Waals surface area contributed by atoms with Crippen LogP contribution in [0.1, 0.15) is 20.1 Å². The van der Waals surface area contributed by atoms with Crippen molar-refractivity contribution in [1.82, 2.24) is 19.5 Å². The van der Waals surface area contributed by atoms with Gasteiger partial charge in [0.1, 0.15) is 0 Å². The third-order valence-electron chi connectivity index (χ3n) is 4.41. The van der Waals surface area contributed by atoms with Crippen molar-refractivity contribution in [3.05, 3.63) is 86.6 Å². The number of thiophene rings is 1. The van der Waals surface area contributed by atoms with Crippen LogP contribution in [0.5, 0.6) is 0 Å². The molecule has 0 aliphatic rings. The zero-order valence-corrected chi connectivity index (χ0v) is 17.0. The van der Waals surface area contributed by atoms with Gasteiger partial charge in [0.25, 0.3) is 5.91 Å². The second-order valence-electron chi connectivity index (χ2n) is 6.71. The molecule has 3 aromatic heterocycles. The van der Waals surface area contributed by atoms with E-state index in [9.17, 15) is 14.4 Å². The highest BCUT2D eigenvalue weighted by Gasteiger charge is 2.11. The van der Waals surface area contributed by atoms with Gasteiger partial charge in [-0.15, -0.1) is 16.4 Å². The Labute approximate surface area is 175 Å². The van der Waals surface area contributed by atoms with Crippen molar-refractivity contribution < 1.29 is 9.59 Å². The second-order valence-corrected chi connectivity index (χ2v) is 8.00. The number of fused-ring (bicyclic) bond motifs is 1. The molecule has 0 aliphatic carbocycles. The lowest BCUT2D eigenvalue weighted by atomic mass is 10.2. The van der Waals surface area contributed by atoms with Crippen LogP contribution in [0.15, 0.2) is 65.6 Å². The molecule has 0 bridgehead atoms. The van der Waals surface area contributed by atoms with Crippen LogP contribution in [-0.2, 0) is 11.3 Å². The first-order valence-corrected chi connectivity index (χ1v) is 10.1. The molecule has 2 amide bonds. The van der Waals surface area contributed by atoms with E-state index in [1.165, 1.54) is 20.4 Å². The van der Waals surface area contributed by atoms with Crippen molar-refractivity contribution >= 4 is 34.5 Å². The van der Waals surface area contributed by atoms with Gasteiger partial charge in [-0.2, -0.15) is 0 Å². The van der Waals surface area contributed by atoms with E-state index in [-0.39, 0.29) is 30.6 Å². The predicted octanol–water partition coefficient (Wildman–Crippen LogP) is 2.28. The van der Waals surface area contributed by atoms with E-state index in [1.54, 1.807) is 42.6 Å². The van der Waals surface area contributed by atoms with Gasteiger partial charge in [0, 0.05) is 16.8 Å². The minimum atomic E-state index is -0.335. The smallest absolute Gasteiger partial charge is 0.342 e. The van der Waals surface area contributed by atoms with Crippen LogP contribution in [-0.4, -0.2) is 32.5 Å². The normalized spacial score (nSPS) is 10.8. The average Bonchev–Trinajstić information content (AvgIpc) is 3.30. The quantitative estimate of drug-likeness (QED) is 0.499. The Morgan fingerprint density at radius 1 is 1.10 bits per heavy atom. The minimum absolute atomic E-state index is 0.133. The Balaban J connectivity index is 1.39. The molecule has 0 saturated heterocycles. The standard InChI is InChI=1S/C21H19N5O3S/c1-14-8-9-17(30-14)20(28)22-12-19(27)23-16-6-4-5-15(11-16)13-26-21(29)25-10-3-2-7-18(25)24-26/h2-11H,12-13H2,1H3,(H,22,28)(H,23,27). The number of anilines is 1. The maximum absolute atomic E-state index is 12.4. The fourth-order valence-corrected chi connectivity index (χ4v) is 3.78. The van der Waals surface area contributed by atoms with Crippen LogP contribution >= 0.6 is 11.3 Å². The van der Waals surface area contributed by atoms with Crippen LogP contribution in [0.3, 0.4) is 0 Å². The molecule has 0 fully saturated rings. The molecule has 2 N–H and O–H groups in total. The Bertz CT molecular complexity index is 1290. The number of aromatic nitrogens is 3. The number of nitrogens with zero attached hydrogens (tertiary/aromatic N) is 3. The predicted molar refractivity (Wildman–Crippen MR) is 115 cm³/mol. The van der Waals surface area contributed by atoms with E-state index in [0.717, 1.165) is 10.4 Å². The molecule has 4 rings (SSSR count). The summed E-state index contributed by atoms with van der Waals surface area (Å²) >= 11 is 1.38. The molecule has 0 atom stereocenters. The summed E-state index contributed by atoms with van der Waals surface area (Å²) in [5.74, 6) is -0.609. The van der Waals surface area contributed by atoms with E-state index in [1.807, 2.05) is 25.1 Å². The minimum Gasteiger partial charge on any atom is -0.342 e. The van der Waals surface area contributed by atoms with Gasteiger partial charge in [0.05, 0.1) is 18.0 Å². The van der Waals surface area contributed by atoms with Crippen molar-refractivity contribution in [3.8, 4) is 0 Å². The summed E-state index contributed by atoms with van der Waals surface area (Å²) in [7, 11) is 0. The van der Waals surface area contributed by atoms with Crippen molar-refractivity contribution in [2.45, 2.75) is 13.5 Å². The third-order valence-corrected chi connectivity index (χ3v) is 5.40. The van der Waals surface area contributed by atoms with E-state index in [2.05, 4.69) is 15.7 Å². The molecular weight excluding hydrogens is 402 g/mol. The number of pyridine rings is 1. The molecule has 0 radical (unpaired) electrons. The number of nitrogens with one attached hydrogen (secondary N) is 2. The lowest BCUT2D eigenvalue weighted by molar-refractivity contribution is -0.115. The van der Waals surface area contributed by atoms with Crippen molar-refractivity contribution in [2.75, 3.05) is 11.9 Å². The number of aryl methyl sites for hydroxylation is 1. The molecule has 30 heavy (non-hydrogen) atoms. The first-order valence-electron chi connectivity index (χ1n) is 9.27. The monoisotopic (exact) mass is 421 g/mol. The van der Waals surface area contributed by atoms with Gasteiger partial charge in [0.15, 0.2) is 5.65 Å². The Morgan fingerprint density at radius 2 is 1.97 bits per heavy atom. The molecule has 0 spiro atoms. The van der Waals surface area contributed by atoms with E-state index >= 15 is 0 Å². The van der Waals surface area contributed by atoms with Crippen LogP contribution in [0, 0.1) is 6.92 Å². The number of hydrogen-bond acceptors (Lipinski definition) is 5. The number of carbonyl (C=O) groups excluding carboxylic acids is 2. The highest BCUT2D eigenvalue weighted by Crippen LogP contribution is 2.15. The number of benzene rings is 1. The molecule has 0 saturated carbocycles. The Morgan fingerprint density at radius 3 is 2.73 bits per heavy atom. The fourth-order valence-electron chi connectivity index (χ4n) is 3.00. The van der Waals surface area contributed by atoms with Crippen LogP contribution in [0.2, 0.25) is 0 Å². The molecule has 4 aromatic rings. The first-order chi connectivity index (χ1) is 14.5. The Kier molecular flexibility index (Phi) is 5.44. The lowest BCUT2D eigenvalue weighted by Crippen LogP contribution is -2.32. The van der Waals surface area contributed by atoms with E-state index in [0.29, 0.717) is 16.2 Å². The lowest BCUT2D eigenvalue weighted by Gasteiger charge is -2.08. The molecule has 0 unspecified atom stereocenters. The number of amides is 2. The molecule has 3 heterocycles. The van der Waals surface area contributed by atoms with Crippen molar-refractivity contribution in [2.24, 2.45) is 0 Å². The highest BCUT2D eigenvalue weighted by atomic mass is 32.1. The van der Waals surface area contributed by atoms with Crippen LogP contribution < -0.4 is 16.3 Å². The van der Waals surface area contributed by atoms with Crippen LogP contribution in [0.25, 0.3) is 5.65 Å². The summed E-state index contributed by atoms with van der Waals surface area (Å²) in [6.45, 7) is 2.06. The Hall–Kier alpha value is -3.72. The molecule has 1 aromatic carbocycles. The van der Waals surface area contributed by atoms with Gasteiger partial charge < -0.3 is 10.6 Å². The first kappa shape index (κ1) is 19.6. The SMILES string of the molecule is Cc1ccc(C(=O)NCC(=O)Nc2cccc(Cn3nc4ccccn4c3=O)c2)s1. The molecular formula is C21H19N5O3S. The summed E-state index contributed by atoms with van der Waals surface area (Å²) in [5, 5.41) is 9.68. The number of carbonyl (C=O) groups is 2. The molecule has 0 aliphatic heterocycles. The van der Waals surface area contributed by atoms with Gasteiger partial charge in [-0.3, -0.25) is 14.0 Å². The molecule has 8 nitrogen and oxygen atoms in total. The van der Waals surface area contributed by atoms with Gasteiger partial charge in [-0.25, -0.2) is 9.48 Å². The summed E-state index contributed by atoms with van der Waals surface area (Å²) in [6, 6.07) is 16.1. The number of hydrogen-bond donors (Lipinski definition) is 2.